The van der Waals surface area contributed by atoms with Crippen molar-refractivity contribution in [1.82, 2.24) is 43.5 Å². The lowest BCUT2D eigenvalue weighted by molar-refractivity contribution is -0.139. The molecule has 0 aliphatic rings. The van der Waals surface area contributed by atoms with Gasteiger partial charge in [0.25, 0.3) is 0 Å². The predicted octanol–water partition coefficient (Wildman–Crippen LogP) is 0.943. The number of hydrogen-bond donors (Lipinski definition) is 5. The molecular weight excluding hydrogens is 812 g/mol. The number of amides is 1. The van der Waals surface area contributed by atoms with Crippen molar-refractivity contribution in [3.8, 4) is 22.7 Å². The molecule has 0 aliphatic heterocycles. The summed E-state index contributed by atoms with van der Waals surface area (Å²) in [4.78, 5) is 80.2. The molecule has 0 radical (unpaired) electrons. The van der Waals surface area contributed by atoms with E-state index >= 15 is 13.2 Å². The van der Waals surface area contributed by atoms with E-state index in [4.69, 9.17) is 22.9 Å². The van der Waals surface area contributed by atoms with Crippen molar-refractivity contribution in [3.63, 3.8) is 0 Å². The van der Waals surface area contributed by atoms with Crippen LogP contribution in [0, 0.1) is 0 Å². The fourth-order valence-electron chi connectivity index (χ4n) is 6.00. The van der Waals surface area contributed by atoms with Gasteiger partial charge in [-0.15, -0.1) is 0 Å². The van der Waals surface area contributed by atoms with E-state index in [9.17, 15) is 28.5 Å². The van der Waals surface area contributed by atoms with Crippen molar-refractivity contribution in [1.29, 1.82) is 0 Å². The van der Waals surface area contributed by atoms with Crippen LogP contribution in [0.4, 0.5) is 36.4 Å². The predicted molar refractivity (Wildman–Crippen MR) is 217 cm³/mol. The summed E-state index contributed by atoms with van der Waals surface area (Å²) in [5.74, 6) is -3.48. The molecule has 6 rings (SSSR count). The maximum Gasteiger partial charge on any atom is 0.399 e. The van der Waals surface area contributed by atoms with Gasteiger partial charge in [0.05, 0.1) is 41.3 Å². The lowest BCUT2D eigenvalue weighted by atomic mass is 9.94. The van der Waals surface area contributed by atoms with Crippen molar-refractivity contribution in [3.05, 3.63) is 144 Å². The number of rotatable bonds is 12. The second kappa shape index (κ2) is 17.1. The standard InChI is InChI=1S/C37H34F3N13O6S/c1-60(59)15-10-31(54)45-19-21-4-2-20(16-24(21)50-11-6-27(41)46-33(50)55)3-5-23(37(38,39)40)22-17-25(51-12-7-28(42)47-34(51)56)32(53-14-9-30(44)49-36(53)58)26(18-22)52-13-8-29(43)48-35(52)57/h2-9,11-14,16-18,23H,10,15,19H2,1H3,(H,45,54)(H2,41,46,55)(H2,42,47,56)(H2,43,48,57)(H2,44,49,58)/b5-3+. The number of nitrogens with one attached hydrogen (secondary N) is 1. The van der Waals surface area contributed by atoms with Gasteiger partial charge in [0.2, 0.25) is 5.91 Å². The van der Waals surface area contributed by atoms with Crippen LogP contribution in [0.1, 0.15) is 29.0 Å². The zero-order valence-corrected chi connectivity index (χ0v) is 32.1. The molecule has 2 aromatic carbocycles. The first-order valence-electron chi connectivity index (χ1n) is 17.4. The number of alkyl halides is 3. The van der Waals surface area contributed by atoms with Crippen LogP contribution in [0.15, 0.2) is 105 Å². The van der Waals surface area contributed by atoms with Gasteiger partial charge in [-0.25, -0.2) is 19.2 Å². The normalized spacial score (nSPS) is 12.7. The van der Waals surface area contributed by atoms with E-state index in [2.05, 4.69) is 25.3 Å². The Labute approximate surface area is 338 Å². The summed E-state index contributed by atoms with van der Waals surface area (Å²) in [6.45, 7) is -0.111. The van der Waals surface area contributed by atoms with E-state index in [1.54, 1.807) is 0 Å². The van der Waals surface area contributed by atoms with Crippen molar-refractivity contribution >= 4 is 46.4 Å². The molecule has 1 amide bonds. The Balaban J connectivity index is 1.56. The fourth-order valence-corrected chi connectivity index (χ4v) is 6.47. The number of hydrogen-bond acceptors (Lipinski definition) is 14. The fraction of sp³-hybridized carbons (Fsp3) is 0.162. The SMILES string of the molecule is C[S+]([O-])CCC(=O)NCc1ccc(/C=C/C(c2cc(-n3ccc(N)nc3=O)c(-n3ccc(N)nc3=O)c(-n3ccc(N)nc3=O)c2)C(F)(F)F)cc1-n1ccc(N)nc1=O. The van der Waals surface area contributed by atoms with Crippen LogP contribution in [-0.4, -0.2) is 66.8 Å². The Hall–Kier alpha value is -7.53. The Morgan fingerprint density at radius 1 is 0.733 bits per heavy atom. The molecule has 2 atom stereocenters. The van der Waals surface area contributed by atoms with Crippen molar-refractivity contribution < 1.29 is 22.5 Å². The van der Waals surface area contributed by atoms with E-state index in [-0.39, 0.29) is 70.3 Å². The molecule has 0 saturated heterocycles. The first-order valence-corrected chi connectivity index (χ1v) is 19.2. The molecule has 0 saturated carbocycles. The van der Waals surface area contributed by atoms with Gasteiger partial charge in [-0.1, -0.05) is 35.5 Å². The molecule has 9 N–H and O–H groups in total. The molecule has 2 unspecified atom stereocenters. The number of benzene rings is 2. The van der Waals surface area contributed by atoms with E-state index in [1.807, 2.05) is 0 Å². The van der Waals surface area contributed by atoms with Gasteiger partial charge in [-0.05, 0) is 59.2 Å². The topological polar surface area (TPSA) is 296 Å². The van der Waals surface area contributed by atoms with Gasteiger partial charge in [0.1, 0.15) is 29.0 Å². The summed E-state index contributed by atoms with van der Waals surface area (Å²) in [6, 6.07) is 11.3. The summed E-state index contributed by atoms with van der Waals surface area (Å²) in [7, 11) is 0. The number of nitrogens with two attached hydrogens (primary N) is 4. The smallest absolute Gasteiger partial charge is 0.399 e. The molecule has 60 heavy (non-hydrogen) atoms. The third kappa shape index (κ3) is 9.43. The van der Waals surface area contributed by atoms with Gasteiger partial charge in [-0.3, -0.25) is 23.1 Å². The van der Waals surface area contributed by atoms with Gasteiger partial charge in [0, 0.05) is 31.3 Å². The van der Waals surface area contributed by atoms with Crippen LogP contribution >= 0.6 is 0 Å². The number of nitrogen functional groups attached to an aromatic ring is 4. The number of anilines is 4. The summed E-state index contributed by atoms with van der Waals surface area (Å²) in [6.07, 6.45) is 3.04. The Kier molecular flexibility index (Phi) is 12.0. The molecule has 4 heterocycles. The van der Waals surface area contributed by atoms with Crippen LogP contribution < -0.4 is 51.0 Å². The van der Waals surface area contributed by atoms with Crippen molar-refractivity contribution in [2.75, 3.05) is 34.9 Å². The lowest BCUT2D eigenvalue weighted by Gasteiger charge is -2.24. The molecular formula is C37H34F3N13O6S. The first kappa shape index (κ1) is 42.1. The first-order chi connectivity index (χ1) is 28.4. The van der Waals surface area contributed by atoms with Crippen LogP contribution in [0.25, 0.3) is 28.8 Å². The number of nitrogens with zero attached hydrogens (tertiary/aromatic N) is 8. The third-order valence-corrected chi connectivity index (χ3v) is 9.59. The Morgan fingerprint density at radius 2 is 1.18 bits per heavy atom. The average Bonchev–Trinajstić information content (AvgIpc) is 3.16. The highest BCUT2D eigenvalue weighted by Crippen LogP contribution is 2.40. The minimum Gasteiger partial charge on any atom is -0.617 e. The average molecular weight is 846 g/mol. The number of allylic oxidation sites excluding steroid dienone is 1. The minimum absolute atomic E-state index is 0.0353. The molecule has 0 spiro atoms. The molecule has 0 fully saturated rings. The number of halogens is 3. The van der Waals surface area contributed by atoms with Gasteiger partial charge < -0.3 is 32.8 Å². The van der Waals surface area contributed by atoms with Crippen LogP contribution in [0.3, 0.4) is 0 Å². The summed E-state index contributed by atoms with van der Waals surface area (Å²) >= 11 is -1.22. The largest absolute Gasteiger partial charge is 0.617 e. The van der Waals surface area contributed by atoms with Crippen LogP contribution in [-0.2, 0) is 22.5 Å². The number of aromatic nitrogens is 8. The third-order valence-electron chi connectivity index (χ3n) is 8.81. The quantitative estimate of drug-likeness (QED) is 0.107. The zero-order chi connectivity index (χ0) is 43.5. The maximum absolute atomic E-state index is 15.3. The number of carbonyl (C=O) groups excluding carboxylic acids is 1. The second-order valence-corrected chi connectivity index (χ2v) is 14.6. The zero-order valence-electron chi connectivity index (χ0n) is 31.2. The Bertz CT molecular complexity index is 2810. The van der Waals surface area contributed by atoms with Crippen LogP contribution in [0.5, 0.6) is 0 Å². The molecule has 0 bridgehead atoms. The molecule has 4 aromatic heterocycles. The maximum atomic E-state index is 15.3. The summed E-state index contributed by atoms with van der Waals surface area (Å²) in [5.41, 5.74) is 18.1. The summed E-state index contributed by atoms with van der Waals surface area (Å²) in [5, 5.41) is 2.68. The van der Waals surface area contributed by atoms with E-state index in [1.165, 1.54) is 54.9 Å². The molecule has 19 nitrogen and oxygen atoms in total. The molecule has 0 aliphatic carbocycles. The minimum atomic E-state index is -5.03. The van der Waals surface area contributed by atoms with Gasteiger partial charge in [-0.2, -0.15) is 33.1 Å². The lowest BCUT2D eigenvalue weighted by Crippen LogP contribution is -2.30. The highest BCUT2D eigenvalue weighted by Gasteiger charge is 2.40. The molecule has 310 valence electrons. The van der Waals surface area contributed by atoms with Gasteiger partial charge in [0.15, 0.2) is 0 Å². The summed E-state index contributed by atoms with van der Waals surface area (Å²) < 4.78 is 61.0. The molecule has 23 heteroatoms. The van der Waals surface area contributed by atoms with E-state index in [0.29, 0.717) is 5.56 Å². The highest BCUT2D eigenvalue weighted by molar-refractivity contribution is 7.90. The van der Waals surface area contributed by atoms with Crippen LogP contribution in [0.2, 0.25) is 0 Å². The number of carbonyl (C=O) groups is 1. The van der Waals surface area contributed by atoms with Gasteiger partial charge >= 0.3 is 28.9 Å². The van der Waals surface area contributed by atoms with E-state index < -0.39 is 57.5 Å². The highest BCUT2D eigenvalue weighted by atomic mass is 32.2. The van der Waals surface area contributed by atoms with Crippen molar-refractivity contribution in [2.24, 2.45) is 0 Å². The van der Waals surface area contributed by atoms with Crippen molar-refractivity contribution in [2.45, 2.75) is 25.1 Å². The monoisotopic (exact) mass is 845 g/mol. The molecule has 6 aromatic rings. The van der Waals surface area contributed by atoms with E-state index in [0.717, 1.165) is 61.1 Å². The second-order valence-electron chi connectivity index (χ2n) is 13.0. The Morgan fingerprint density at radius 3 is 1.62 bits per heavy atom.